The lowest BCUT2D eigenvalue weighted by atomic mass is 10.0. The van der Waals surface area contributed by atoms with Crippen molar-refractivity contribution < 1.29 is 28.8 Å². The Morgan fingerprint density at radius 2 is 1.87 bits per heavy atom. The quantitative estimate of drug-likeness (QED) is 0.290. The van der Waals surface area contributed by atoms with Crippen molar-refractivity contribution in [3.63, 3.8) is 0 Å². The van der Waals surface area contributed by atoms with Gasteiger partial charge in [-0.3, -0.25) is 19.7 Å². The number of rotatable bonds is 8. The molecule has 2 atom stereocenters. The molecule has 2 unspecified atom stereocenters. The fourth-order valence-electron chi connectivity index (χ4n) is 4.56. The van der Waals surface area contributed by atoms with Gasteiger partial charge in [0.15, 0.2) is 0 Å². The van der Waals surface area contributed by atoms with E-state index >= 15 is 0 Å². The van der Waals surface area contributed by atoms with Gasteiger partial charge in [-0.1, -0.05) is 0 Å². The van der Waals surface area contributed by atoms with Gasteiger partial charge in [0, 0.05) is 42.2 Å². The van der Waals surface area contributed by atoms with Crippen LogP contribution in [0.2, 0.25) is 0 Å². The van der Waals surface area contributed by atoms with E-state index in [4.69, 9.17) is 15.2 Å². The van der Waals surface area contributed by atoms with Crippen molar-refractivity contribution in [1.29, 1.82) is 0 Å². The highest BCUT2D eigenvalue weighted by Crippen LogP contribution is 2.29. The third-order valence-corrected chi connectivity index (χ3v) is 6.30. The summed E-state index contributed by atoms with van der Waals surface area (Å²) < 4.78 is 11.3. The van der Waals surface area contributed by atoms with E-state index in [9.17, 15) is 24.5 Å². The van der Waals surface area contributed by atoms with E-state index in [1.807, 2.05) is 0 Å². The van der Waals surface area contributed by atoms with Crippen molar-refractivity contribution >= 4 is 34.5 Å². The number of hydrogen-bond acceptors (Lipinski definition) is 7. The highest BCUT2D eigenvalue weighted by Gasteiger charge is 2.37. The van der Waals surface area contributed by atoms with Crippen LogP contribution in [-0.2, 0) is 20.7 Å². The Labute approximate surface area is 224 Å². The van der Waals surface area contributed by atoms with Crippen molar-refractivity contribution in [3.8, 4) is 11.5 Å². The molecular weight excluding hydrogens is 506 g/mol. The van der Waals surface area contributed by atoms with Gasteiger partial charge in [0.2, 0.25) is 11.8 Å². The molecule has 12 nitrogen and oxygen atoms in total. The predicted molar refractivity (Wildman–Crippen MR) is 142 cm³/mol. The van der Waals surface area contributed by atoms with E-state index in [-0.39, 0.29) is 12.1 Å². The molecule has 1 fully saturated rings. The number of nitrogens with zero attached hydrogens (tertiary/aromatic N) is 2. The number of primary amides is 1. The number of non-ortho nitro benzene ring substituents is 1. The summed E-state index contributed by atoms with van der Waals surface area (Å²) in [7, 11) is 0. The second-order valence-corrected chi connectivity index (χ2v) is 10.4. The van der Waals surface area contributed by atoms with Crippen molar-refractivity contribution in [1.82, 2.24) is 15.2 Å². The van der Waals surface area contributed by atoms with Crippen LogP contribution in [0.4, 0.5) is 10.5 Å². The molecule has 3 aromatic rings. The van der Waals surface area contributed by atoms with Gasteiger partial charge in [-0.15, -0.1) is 0 Å². The molecule has 1 aliphatic rings. The van der Waals surface area contributed by atoms with Crippen LogP contribution in [0.5, 0.6) is 11.5 Å². The zero-order valence-corrected chi connectivity index (χ0v) is 21.9. The van der Waals surface area contributed by atoms with Crippen LogP contribution < -0.4 is 15.8 Å². The van der Waals surface area contributed by atoms with Crippen LogP contribution in [-0.4, -0.2) is 56.9 Å². The maximum absolute atomic E-state index is 13.6. The first-order valence-corrected chi connectivity index (χ1v) is 12.5. The third-order valence-electron chi connectivity index (χ3n) is 6.30. The van der Waals surface area contributed by atoms with Crippen LogP contribution >= 0.6 is 0 Å². The molecule has 0 bridgehead atoms. The zero-order chi connectivity index (χ0) is 28.3. The summed E-state index contributed by atoms with van der Waals surface area (Å²) in [6.07, 6.45) is 2.21. The molecule has 3 amide bonds. The lowest BCUT2D eigenvalue weighted by Gasteiger charge is -2.28. The predicted octanol–water partition coefficient (Wildman–Crippen LogP) is 3.78. The van der Waals surface area contributed by atoms with Gasteiger partial charge < -0.3 is 30.4 Å². The summed E-state index contributed by atoms with van der Waals surface area (Å²) in [4.78, 5) is 53.2. The third kappa shape index (κ3) is 6.64. The molecule has 4 rings (SSSR count). The summed E-state index contributed by atoms with van der Waals surface area (Å²) in [6.45, 7) is 5.53. The maximum atomic E-state index is 13.6. The molecule has 39 heavy (non-hydrogen) atoms. The monoisotopic (exact) mass is 537 g/mol. The van der Waals surface area contributed by atoms with Gasteiger partial charge in [-0.05, 0) is 69.5 Å². The first kappa shape index (κ1) is 27.4. The lowest BCUT2D eigenvalue weighted by Crippen LogP contribution is -2.54. The minimum absolute atomic E-state index is 0.0458. The molecule has 0 aliphatic carbocycles. The minimum atomic E-state index is -1.02. The number of nitrogens with one attached hydrogen (secondary N) is 2. The summed E-state index contributed by atoms with van der Waals surface area (Å²) in [5.41, 5.74) is 6.21. The van der Waals surface area contributed by atoms with Crippen LogP contribution in [0, 0.1) is 10.1 Å². The largest absolute Gasteiger partial charge is 0.457 e. The Kier molecular flexibility index (Phi) is 7.75. The summed E-state index contributed by atoms with van der Waals surface area (Å²) in [6, 6.07) is 9.30. The standard InChI is InChI=1S/C27H31N5O7/c1-27(2,3)39-26(35)30-22(25(34)31-12-4-5-23(31)24(28)33)13-16-15-29-21-11-10-19(14-20(16)21)38-18-8-6-17(7-9-18)32(36)37/h6-11,14-15,22-23,29H,4-5,12-13H2,1-3H3,(H2,28,33)(H,30,35). The normalized spacial score (nSPS) is 16.1. The van der Waals surface area contributed by atoms with Crippen molar-refractivity contribution in [2.75, 3.05) is 6.54 Å². The number of amides is 3. The van der Waals surface area contributed by atoms with Gasteiger partial charge >= 0.3 is 6.09 Å². The van der Waals surface area contributed by atoms with Crippen molar-refractivity contribution in [2.24, 2.45) is 5.73 Å². The molecule has 0 saturated carbocycles. The Hall–Kier alpha value is -4.61. The number of likely N-dealkylation sites (tertiary alicyclic amines) is 1. The summed E-state index contributed by atoms with van der Waals surface area (Å²) in [5.74, 6) is -0.108. The number of H-pyrrole nitrogens is 1. The van der Waals surface area contributed by atoms with Gasteiger partial charge in [0.05, 0.1) is 4.92 Å². The van der Waals surface area contributed by atoms with Crippen LogP contribution in [0.1, 0.15) is 39.2 Å². The average Bonchev–Trinajstić information content (AvgIpc) is 3.50. The number of benzene rings is 2. The number of alkyl carbamates (subject to hydrolysis) is 1. The molecule has 206 valence electrons. The first-order chi connectivity index (χ1) is 18.4. The average molecular weight is 538 g/mol. The summed E-state index contributed by atoms with van der Waals surface area (Å²) in [5, 5.41) is 14.3. The molecule has 4 N–H and O–H groups in total. The molecule has 1 aromatic heterocycles. The lowest BCUT2D eigenvalue weighted by molar-refractivity contribution is -0.384. The van der Waals surface area contributed by atoms with E-state index in [0.29, 0.717) is 30.9 Å². The van der Waals surface area contributed by atoms with Gasteiger partial charge in [0.1, 0.15) is 29.2 Å². The molecule has 2 aromatic carbocycles. The highest BCUT2D eigenvalue weighted by molar-refractivity contribution is 5.92. The number of aromatic nitrogens is 1. The Morgan fingerprint density at radius 3 is 2.51 bits per heavy atom. The van der Waals surface area contributed by atoms with Crippen molar-refractivity contribution in [2.45, 2.75) is 57.7 Å². The van der Waals surface area contributed by atoms with E-state index in [0.717, 1.165) is 16.5 Å². The number of aromatic amines is 1. The number of ether oxygens (including phenoxy) is 2. The van der Waals surface area contributed by atoms with E-state index in [1.165, 1.54) is 29.2 Å². The minimum Gasteiger partial charge on any atom is -0.457 e. The van der Waals surface area contributed by atoms with Crippen LogP contribution in [0.3, 0.4) is 0 Å². The number of carbonyl (C=O) groups is 3. The highest BCUT2D eigenvalue weighted by atomic mass is 16.6. The number of fused-ring (bicyclic) bond motifs is 1. The Balaban J connectivity index is 1.60. The number of carbonyl (C=O) groups excluding carboxylic acids is 3. The summed E-state index contributed by atoms with van der Waals surface area (Å²) >= 11 is 0. The van der Waals surface area contributed by atoms with Crippen LogP contribution in [0.15, 0.2) is 48.7 Å². The SMILES string of the molecule is CC(C)(C)OC(=O)NC(Cc1c[nH]c2ccc(Oc3ccc([N+](=O)[O-])cc3)cc12)C(=O)N1CCCC1C(N)=O. The Bertz CT molecular complexity index is 1390. The molecule has 1 aliphatic heterocycles. The molecular formula is C27H31N5O7. The Morgan fingerprint density at radius 1 is 1.18 bits per heavy atom. The molecule has 1 saturated heterocycles. The van der Waals surface area contributed by atoms with Gasteiger partial charge in [0.25, 0.3) is 5.69 Å². The second kappa shape index (κ2) is 11.0. The molecule has 0 radical (unpaired) electrons. The number of nitro benzene ring substituents is 1. The van der Waals surface area contributed by atoms with Crippen molar-refractivity contribution in [3.05, 3.63) is 64.3 Å². The second-order valence-electron chi connectivity index (χ2n) is 10.4. The molecule has 12 heteroatoms. The van der Waals surface area contributed by atoms with Gasteiger partial charge in [-0.25, -0.2) is 4.79 Å². The van der Waals surface area contributed by atoms with E-state index in [2.05, 4.69) is 10.3 Å². The topological polar surface area (TPSA) is 170 Å². The maximum Gasteiger partial charge on any atom is 0.408 e. The van der Waals surface area contributed by atoms with E-state index < -0.39 is 40.5 Å². The smallest absolute Gasteiger partial charge is 0.408 e. The molecule has 0 spiro atoms. The molecule has 2 heterocycles. The first-order valence-electron chi connectivity index (χ1n) is 12.5. The number of nitrogens with two attached hydrogens (primary N) is 1. The van der Waals surface area contributed by atoms with Crippen LogP contribution in [0.25, 0.3) is 10.9 Å². The zero-order valence-electron chi connectivity index (χ0n) is 21.9. The number of hydrogen-bond donors (Lipinski definition) is 3. The van der Waals surface area contributed by atoms with E-state index in [1.54, 1.807) is 45.2 Å². The fraction of sp³-hybridized carbons (Fsp3) is 0.370. The van der Waals surface area contributed by atoms with Gasteiger partial charge in [-0.2, -0.15) is 0 Å². The fourth-order valence-corrected chi connectivity index (χ4v) is 4.56. The number of nitro groups is 1.